The van der Waals surface area contributed by atoms with Gasteiger partial charge in [0.15, 0.2) is 0 Å². The summed E-state index contributed by atoms with van der Waals surface area (Å²) < 4.78 is 0. The maximum absolute atomic E-state index is 0. The second-order valence-corrected chi connectivity index (χ2v) is 0. The van der Waals surface area contributed by atoms with Gasteiger partial charge >= 0.3 is 0 Å². The fourth-order valence-electron chi connectivity index (χ4n) is 0. The van der Waals surface area contributed by atoms with Crippen molar-refractivity contribution in [1.29, 1.82) is 0 Å². The summed E-state index contributed by atoms with van der Waals surface area (Å²) in [7, 11) is 0. The van der Waals surface area contributed by atoms with E-state index in [-0.39, 0.29) is 69.0 Å². The van der Waals surface area contributed by atoms with Gasteiger partial charge in [-0.3, -0.25) is 0 Å². The van der Waals surface area contributed by atoms with Gasteiger partial charge in [-0.15, -0.1) is 0 Å². The third-order valence-electron chi connectivity index (χ3n) is 0. The van der Waals surface area contributed by atoms with Gasteiger partial charge in [0, 0.05) is 59.1 Å². The molecule has 0 aromatic carbocycles. The van der Waals surface area contributed by atoms with Crippen molar-refractivity contribution in [3.8, 4) is 0 Å². The summed E-state index contributed by atoms with van der Waals surface area (Å²) in [6.07, 6.45) is 0. The molecule has 0 saturated heterocycles. The molecule has 0 aromatic heterocycles. The molecule has 1 atom stereocenters. The Morgan fingerprint density at radius 3 is 1.00 bits per heavy atom. The standard InChI is InChI=1S/Ir.H3P.Rh.Ru/h;1H3;;. The molecule has 0 aliphatic carbocycles. The van der Waals surface area contributed by atoms with Crippen LogP contribution in [-0.2, 0) is 59.1 Å². The van der Waals surface area contributed by atoms with Gasteiger partial charge in [0.2, 0.25) is 0 Å². The first-order valence-electron chi connectivity index (χ1n) is 0. The van der Waals surface area contributed by atoms with Crippen molar-refractivity contribution in [2.45, 2.75) is 0 Å². The maximum atomic E-state index is 0. The molecule has 0 aliphatic rings. The number of rotatable bonds is 0. The predicted octanol–water partition coefficient (Wildman–Crippen LogP) is 0.0506. The van der Waals surface area contributed by atoms with E-state index in [9.17, 15) is 0 Å². The molecule has 0 saturated carbocycles. The van der Waals surface area contributed by atoms with Crippen molar-refractivity contribution >= 4 is 9.90 Å². The van der Waals surface area contributed by atoms with Gasteiger partial charge in [0.25, 0.3) is 0 Å². The van der Waals surface area contributed by atoms with E-state index in [1.807, 2.05) is 0 Å². The average molecular weight is 430 g/mol. The first-order chi connectivity index (χ1) is 0. The molecule has 4 heavy (non-hydrogen) atoms. The van der Waals surface area contributed by atoms with Crippen molar-refractivity contribution in [1.82, 2.24) is 0 Å². The molecule has 0 N–H and O–H groups in total. The maximum Gasteiger partial charge on any atom is 0 e. The van der Waals surface area contributed by atoms with Gasteiger partial charge < -0.3 is 0 Å². The largest absolute Gasteiger partial charge is 0.153 e. The fraction of sp³-hybridized carbons (Fsp3) is 0. The van der Waals surface area contributed by atoms with E-state index in [0.29, 0.717) is 0 Å². The van der Waals surface area contributed by atoms with Crippen LogP contribution in [0, 0.1) is 0 Å². The molecule has 1 unspecified atom stereocenters. The summed E-state index contributed by atoms with van der Waals surface area (Å²) in [6, 6.07) is 0. The molecule has 0 spiro atoms. The topological polar surface area (TPSA) is 0 Å². The molecular weight excluding hydrogens is 427 g/mol. The molecule has 0 rings (SSSR count). The monoisotopic (exact) mass is 432 g/mol. The van der Waals surface area contributed by atoms with Crippen LogP contribution in [0.3, 0.4) is 0 Å². The molecule has 0 amide bonds. The molecule has 0 aromatic rings. The van der Waals surface area contributed by atoms with Crippen molar-refractivity contribution < 1.29 is 59.1 Å². The summed E-state index contributed by atoms with van der Waals surface area (Å²) in [4.78, 5) is 0. The van der Waals surface area contributed by atoms with Crippen LogP contribution in [0.5, 0.6) is 0 Å². The Morgan fingerprint density at radius 1 is 1.00 bits per heavy atom. The third kappa shape index (κ3) is 8.85. The number of hydrogen-bond donors (Lipinski definition) is 0. The SMILES string of the molecule is P.[Ir].[Rh].[Ru]. The molecule has 0 aliphatic heterocycles. The minimum absolute atomic E-state index is 0. The first-order valence-corrected chi connectivity index (χ1v) is 0. The van der Waals surface area contributed by atoms with Crippen LogP contribution >= 0.6 is 9.90 Å². The Labute approximate surface area is 68.4 Å². The van der Waals surface area contributed by atoms with Crippen LogP contribution in [0.15, 0.2) is 0 Å². The average Bonchev–Trinajstić information content (AvgIpc) is 0. The van der Waals surface area contributed by atoms with Crippen molar-refractivity contribution in [2.24, 2.45) is 0 Å². The van der Waals surface area contributed by atoms with Crippen molar-refractivity contribution in [3.05, 3.63) is 0 Å². The van der Waals surface area contributed by atoms with Crippen LogP contribution in [-0.4, -0.2) is 0 Å². The first kappa shape index (κ1) is 33.2. The van der Waals surface area contributed by atoms with Gasteiger partial charge in [-0.1, -0.05) is 0 Å². The Morgan fingerprint density at radius 2 is 1.00 bits per heavy atom. The van der Waals surface area contributed by atoms with Gasteiger partial charge in [-0.25, -0.2) is 0 Å². The second-order valence-electron chi connectivity index (χ2n) is 0. The van der Waals surface area contributed by atoms with Gasteiger partial charge in [-0.2, -0.15) is 9.90 Å². The summed E-state index contributed by atoms with van der Waals surface area (Å²) in [5, 5.41) is 0. The second kappa shape index (κ2) is 18.4. The van der Waals surface area contributed by atoms with E-state index >= 15 is 0 Å². The summed E-state index contributed by atoms with van der Waals surface area (Å²) in [6.45, 7) is 0. The molecule has 34 valence electrons. The van der Waals surface area contributed by atoms with Crippen molar-refractivity contribution in [3.63, 3.8) is 0 Å². The van der Waals surface area contributed by atoms with Gasteiger partial charge in [0.1, 0.15) is 0 Å². The Bertz CT molecular complexity index is 8.00. The molecule has 0 bridgehead atoms. The molecule has 4 heteroatoms. The third-order valence-corrected chi connectivity index (χ3v) is 0. The minimum Gasteiger partial charge on any atom is -0.153 e. The minimum atomic E-state index is 0. The van der Waals surface area contributed by atoms with Gasteiger partial charge in [-0.05, 0) is 0 Å². The van der Waals surface area contributed by atoms with Crippen LogP contribution in [0.4, 0.5) is 0 Å². The quantitative estimate of drug-likeness (QED) is 0.377. The van der Waals surface area contributed by atoms with Crippen LogP contribution in [0.2, 0.25) is 0 Å². The molecule has 0 nitrogen and oxygen atoms in total. The Kier molecular flexibility index (Phi) is 153. The fourth-order valence-corrected chi connectivity index (χ4v) is 0. The molecule has 0 fully saturated rings. The van der Waals surface area contributed by atoms with E-state index in [2.05, 4.69) is 0 Å². The van der Waals surface area contributed by atoms with E-state index < -0.39 is 0 Å². The van der Waals surface area contributed by atoms with E-state index in [4.69, 9.17) is 0 Å². The van der Waals surface area contributed by atoms with E-state index in [1.165, 1.54) is 0 Å². The van der Waals surface area contributed by atoms with Crippen LogP contribution in [0.1, 0.15) is 0 Å². The Balaban J connectivity index is 0. The normalized spacial score (nSPS) is 0. The summed E-state index contributed by atoms with van der Waals surface area (Å²) >= 11 is 0. The van der Waals surface area contributed by atoms with Gasteiger partial charge in [0.05, 0.1) is 0 Å². The zero-order chi connectivity index (χ0) is 0. The van der Waals surface area contributed by atoms with Crippen LogP contribution in [0.25, 0.3) is 0 Å². The zero-order valence-electron chi connectivity index (χ0n) is 1.73. The smallest absolute Gasteiger partial charge is 0 e. The van der Waals surface area contributed by atoms with E-state index in [0.717, 1.165) is 0 Å². The van der Waals surface area contributed by atoms with Crippen molar-refractivity contribution in [2.75, 3.05) is 0 Å². The zero-order valence-corrected chi connectivity index (χ0v) is 8.91. The Hall–Kier alpha value is 2.33. The summed E-state index contributed by atoms with van der Waals surface area (Å²) in [5.74, 6) is 0. The predicted molar refractivity (Wildman–Crippen MR) is 11.1 cm³/mol. The van der Waals surface area contributed by atoms with Crippen LogP contribution < -0.4 is 0 Å². The number of hydrogen-bond acceptors (Lipinski definition) is 0. The molecule has 0 heterocycles. The summed E-state index contributed by atoms with van der Waals surface area (Å²) in [5.41, 5.74) is 0. The molecular formula is H3IrPRhRu. The van der Waals surface area contributed by atoms with E-state index in [1.54, 1.807) is 0 Å². The molecule has 2 radical (unpaired) electrons.